The van der Waals surface area contributed by atoms with Gasteiger partial charge in [-0.3, -0.25) is 9.59 Å². The SMILES string of the molecule is CC/C=C\C/C=C\C/C=C\C/C=C\CCCCCCCCCCCCCCCCCCCCC(=O)OC(CO)COC(=O)CCCCCCCCCC. The van der Waals surface area contributed by atoms with Crippen LogP contribution in [0.25, 0.3) is 0 Å². The molecule has 0 heterocycles. The minimum absolute atomic E-state index is 0.0624. The number of aliphatic hydroxyl groups excluding tert-OH is 1. The molecule has 0 rings (SSSR count). The molecule has 5 heteroatoms. The number of rotatable bonds is 41. The van der Waals surface area contributed by atoms with Gasteiger partial charge in [0.15, 0.2) is 6.10 Å². The fraction of sp³-hybridized carbons (Fsp3) is 0.792. The molecule has 0 aliphatic carbocycles. The Kier molecular flexibility index (Phi) is 42.5. The Morgan fingerprint density at radius 2 is 0.811 bits per heavy atom. The number of carbonyl (C=O) groups is 2. The normalized spacial score (nSPS) is 12.6. The Morgan fingerprint density at radius 3 is 1.23 bits per heavy atom. The lowest BCUT2D eigenvalue weighted by atomic mass is 10.0. The third kappa shape index (κ3) is 42.5. The van der Waals surface area contributed by atoms with Crippen molar-refractivity contribution in [3.8, 4) is 0 Å². The second kappa shape index (κ2) is 44.3. The van der Waals surface area contributed by atoms with Crippen molar-refractivity contribution in [3.05, 3.63) is 48.6 Å². The summed E-state index contributed by atoms with van der Waals surface area (Å²) in [6, 6.07) is 0. The van der Waals surface area contributed by atoms with Crippen LogP contribution in [-0.4, -0.2) is 36.4 Å². The standard InChI is InChI=1S/C48H86O5/c1-3-5-7-9-11-13-14-15-16-17-18-19-20-21-22-23-24-25-26-27-28-29-30-31-32-33-34-35-37-39-41-43-48(51)53-46(44-49)45-52-47(50)42-40-38-36-12-10-8-6-4-2/h5,7,11,13,15-16,18-19,46,49H,3-4,6,8-10,12,14,17,20-45H2,1-2H3/b7-5-,13-11-,16-15-,19-18-. The van der Waals surface area contributed by atoms with E-state index in [2.05, 4.69) is 62.5 Å². The summed E-state index contributed by atoms with van der Waals surface area (Å²) in [5.41, 5.74) is 0. The summed E-state index contributed by atoms with van der Waals surface area (Å²) < 4.78 is 10.6. The van der Waals surface area contributed by atoms with Gasteiger partial charge in [-0.05, 0) is 51.4 Å². The third-order valence-electron chi connectivity index (χ3n) is 9.89. The minimum atomic E-state index is -0.766. The van der Waals surface area contributed by atoms with Gasteiger partial charge in [-0.15, -0.1) is 0 Å². The van der Waals surface area contributed by atoms with Crippen LogP contribution in [0, 0.1) is 0 Å². The summed E-state index contributed by atoms with van der Waals surface area (Å²) in [6.07, 6.45) is 56.5. The average Bonchev–Trinajstić information content (AvgIpc) is 3.16. The lowest BCUT2D eigenvalue weighted by Crippen LogP contribution is -2.28. The van der Waals surface area contributed by atoms with Gasteiger partial charge in [-0.1, -0.05) is 210 Å². The maximum absolute atomic E-state index is 12.2. The maximum Gasteiger partial charge on any atom is 0.306 e. The number of aliphatic hydroxyl groups is 1. The quantitative estimate of drug-likeness (QED) is 0.0384. The zero-order valence-electron chi connectivity index (χ0n) is 35.0. The van der Waals surface area contributed by atoms with Gasteiger partial charge in [0, 0.05) is 12.8 Å². The third-order valence-corrected chi connectivity index (χ3v) is 9.89. The molecule has 0 fully saturated rings. The fourth-order valence-corrected chi connectivity index (χ4v) is 6.49. The van der Waals surface area contributed by atoms with Crippen molar-refractivity contribution in [2.24, 2.45) is 0 Å². The highest BCUT2D eigenvalue weighted by molar-refractivity contribution is 5.70. The van der Waals surface area contributed by atoms with Crippen LogP contribution in [0.4, 0.5) is 0 Å². The van der Waals surface area contributed by atoms with Crippen molar-refractivity contribution >= 4 is 11.9 Å². The number of allylic oxidation sites excluding steroid dienone is 8. The van der Waals surface area contributed by atoms with Crippen LogP contribution < -0.4 is 0 Å². The van der Waals surface area contributed by atoms with Crippen molar-refractivity contribution in [3.63, 3.8) is 0 Å². The van der Waals surface area contributed by atoms with Crippen LogP contribution in [0.3, 0.4) is 0 Å². The molecule has 0 bridgehead atoms. The first-order chi connectivity index (χ1) is 26.1. The van der Waals surface area contributed by atoms with Gasteiger partial charge in [0.2, 0.25) is 0 Å². The first-order valence-electron chi connectivity index (χ1n) is 22.7. The fourth-order valence-electron chi connectivity index (χ4n) is 6.49. The predicted octanol–water partition coefficient (Wildman–Crippen LogP) is 14.6. The number of esters is 2. The van der Waals surface area contributed by atoms with Gasteiger partial charge in [0.05, 0.1) is 6.61 Å². The smallest absolute Gasteiger partial charge is 0.306 e. The second-order valence-corrected chi connectivity index (χ2v) is 15.1. The van der Waals surface area contributed by atoms with E-state index in [0.29, 0.717) is 12.8 Å². The molecule has 1 atom stereocenters. The van der Waals surface area contributed by atoms with Crippen LogP contribution in [0.2, 0.25) is 0 Å². The zero-order chi connectivity index (χ0) is 38.6. The number of unbranched alkanes of at least 4 members (excludes halogenated alkanes) is 25. The Labute approximate surface area is 328 Å². The molecular weight excluding hydrogens is 657 g/mol. The molecule has 53 heavy (non-hydrogen) atoms. The molecule has 0 aromatic heterocycles. The molecule has 0 saturated heterocycles. The van der Waals surface area contributed by atoms with Crippen molar-refractivity contribution in [1.29, 1.82) is 0 Å². The Morgan fingerprint density at radius 1 is 0.453 bits per heavy atom. The highest BCUT2D eigenvalue weighted by Gasteiger charge is 2.16. The van der Waals surface area contributed by atoms with Crippen LogP contribution in [0.5, 0.6) is 0 Å². The van der Waals surface area contributed by atoms with Gasteiger partial charge >= 0.3 is 11.9 Å². The molecule has 0 saturated carbocycles. The van der Waals surface area contributed by atoms with Crippen molar-refractivity contribution < 1.29 is 24.2 Å². The average molecular weight is 743 g/mol. The Bertz CT molecular complexity index is 888. The molecule has 308 valence electrons. The van der Waals surface area contributed by atoms with Crippen LogP contribution in [-0.2, 0) is 19.1 Å². The lowest BCUT2D eigenvalue weighted by molar-refractivity contribution is -0.161. The molecule has 0 radical (unpaired) electrons. The van der Waals surface area contributed by atoms with Gasteiger partial charge in [0.25, 0.3) is 0 Å². The van der Waals surface area contributed by atoms with Crippen LogP contribution in [0.1, 0.15) is 226 Å². The molecule has 0 aliphatic heterocycles. The predicted molar refractivity (Wildman–Crippen MR) is 228 cm³/mol. The molecule has 0 aromatic carbocycles. The van der Waals surface area contributed by atoms with E-state index < -0.39 is 6.10 Å². The number of ether oxygens (including phenoxy) is 2. The van der Waals surface area contributed by atoms with E-state index in [1.807, 2.05) is 0 Å². The molecule has 0 aromatic rings. The van der Waals surface area contributed by atoms with Crippen LogP contribution >= 0.6 is 0 Å². The van der Waals surface area contributed by atoms with Crippen molar-refractivity contribution in [2.45, 2.75) is 232 Å². The largest absolute Gasteiger partial charge is 0.462 e. The van der Waals surface area contributed by atoms with E-state index in [9.17, 15) is 14.7 Å². The van der Waals surface area contributed by atoms with E-state index in [-0.39, 0.29) is 25.2 Å². The molecule has 5 nitrogen and oxygen atoms in total. The highest BCUT2D eigenvalue weighted by atomic mass is 16.6. The van der Waals surface area contributed by atoms with Crippen molar-refractivity contribution in [1.82, 2.24) is 0 Å². The molecule has 0 aliphatic rings. The summed E-state index contributed by atoms with van der Waals surface area (Å²) in [5, 5.41) is 9.54. The van der Waals surface area contributed by atoms with Gasteiger partial charge < -0.3 is 14.6 Å². The number of carbonyl (C=O) groups excluding carboxylic acids is 2. The Hall–Kier alpha value is -2.14. The summed E-state index contributed by atoms with van der Waals surface area (Å²) in [7, 11) is 0. The number of hydrogen-bond donors (Lipinski definition) is 1. The van der Waals surface area contributed by atoms with Gasteiger partial charge in [-0.25, -0.2) is 0 Å². The second-order valence-electron chi connectivity index (χ2n) is 15.1. The van der Waals surface area contributed by atoms with Crippen LogP contribution in [0.15, 0.2) is 48.6 Å². The number of hydrogen-bond acceptors (Lipinski definition) is 5. The highest BCUT2D eigenvalue weighted by Crippen LogP contribution is 2.16. The molecule has 0 spiro atoms. The minimum Gasteiger partial charge on any atom is -0.462 e. The van der Waals surface area contributed by atoms with E-state index >= 15 is 0 Å². The van der Waals surface area contributed by atoms with Crippen molar-refractivity contribution in [2.75, 3.05) is 13.2 Å². The molecular formula is C48H86O5. The van der Waals surface area contributed by atoms with Gasteiger partial charge in [-0.2, -0.15) is 0 Å². The lowest BCUT2D eigenvalue weighted by Gasteiger charge is -2.15. The Balaban J connectivity index is 3.41. The van der Waals surface area contributed by atoms with E-state index in [1.54, 1.807) is 0 Å². The van der Waals surface area contributed by atoms with E-state index in [0.717, 1.165) is 64.2 Å². The molecule has 1 unspecified atom stereocenters. The first kappa shape index (κ1) is 50.9. The maximum atomic E-state index is 12.2. The summed E-state index contributed by atoms with van der Waals surface area (Å²) in [4.78, 5) is 24.2. The van der Waals surface area contributed by atoms with E-state index in [1.165, 1.54) is 135 Å². The van der Waals surface area contributed by atoms with E-state index in [4.69, 9.17) is 9.47 Å². The monoisotopic (exact) mass is 743 g/mol. The summed E-state index contributed by atoms with van der Waals surface area (Å²) >= 11 is 0. The zero-order valence-corrected chi connectivity index (χ0v) is 35.0. The topological polar surface area (TPSA) is 72.8 Å². The van der Waals surface area contributed by atoms with Gasteiger partial charge in [0.1, 0.15) is 6.61 Å². The molecule has 0 amide bonds. The molecule has 1 N–H and O–H groups in total. The summed E-state index contributed by atoms with van der Waals surface area (Å²) in [5.74, 6) is -0.588. The first-order valence-corrected chi connectivity index (χ1v) is 22.7. The summed E-state index contributed by atoms with van der Waals surface area (Å²) in [6.45, 7) is 4.00.